The number of hydrogen-bond donors (Lipinski definition) is 1. The van der Waals surface area contributed by atoms with Crippen LogP contribution in [0.25, 0.3) is 11.1 Å². The van der Waals surface area contributed by atoms with E-state index in [0.717, 1.165) is 36.0 Å². The van der Waals surface area contributed by atoms with Crippen molar-refractivity contribution in [2.45, 2.75) is 52.2 Å². The number of ether oxygens (including phenoxy) is 3. The summed E-state index contributed by atoms with van der Waals surface area (Å²) in [5.74, 6) is -1.22. The van der Waals surface area contributed by atoms with Crippen molar-refractivity contribution in [1.82, 2.24) is 0 Å². The van der Waals surface area contributed by atoms with E-state index in [1.54, 1.807) is 13.0 Å². The number of aromatic hydroxyl groups is 1. The molecule has 3 rings (SSSR count). The maximum absolute atomic E-state index is 13.0. The number of cyclic esters (lactones) is 1. The predicted molar refractivity (Wildman–Crippen MR) is 108 cm³/mol. The number of unbranched alkanes of at least 4 members (excludes halogenated alkanes) is 2. The topological polar surface area (TPSA) is 65.0 Å². The fourth-order valence-corrected chi connectivity index (χ4v) is 3.67. The summed E-state index contributed by atoms with van der Waals surface area (Å²) in [6.07, 6.45) is 3.72. The predicted octanol–water partition coefficient (Wildman–Crippen LogP) is 5.01. The van der Waals surface area contributed by atoms with Crippen molar-refractivity contribution >= 4 is 5.97 Å². The Morgan fingerprint density at radius 1 is 1.14 bits per heavy atom. The van der Waals surface area contributed by atoms with Crippen LogP contribution in [0.1, 0.15) is 54.6 Å². The molecule has 0 aromatic heterocycles. The highest BCUT2D eigenvalue weighted by Gasteiger charge is 2.41. The zero-order chi connectivity index (χ0) is 20.3. The molecule has 1 atom stereocenters. The van der Waals surface area contributed by atoms with Gasteiger partial charge < -0.3 is 19.3 Å². The second kappa shape index (κ2) is 8.23. The number of esters is 1. The third-order valence-corrected chi connectivity index (χ3v) is 4.94. The molecule has 0 radical (unpaired) electrons. The summed E-state index contributed by atoms with van der Waals surface area (Å²) >= 11 is 0. The normalized spacial score (nSPS) is 18.4. The van der Waals surface area contributed by atoms with Crippen LogP contribution in [0, 0.1) is 6.92 Å². The van der Waals surface area contributed by atoms with E-state index in [1.165, 1.54) is 7.11 Å². The van der Waals surface area contributed by atoms with E-state index in [0.29, 0.717) is 23.3 Å². The minimum atomic E-state index is -1.24. The summed E-state index contributed by atoms with van der Waals surface area (Å²) in [4.78, 5) is 13.0. The summed E-state index contributed by atoms with van der Waals surface area (Å²) in [6.45, 7) is 5.86. The van der Waals surface area contributed by atoms with E-state index in [-0.39, 0.29) is 12.4 Å². The molecular formula is C23H28O5. The van der Waals surface area contributed by atoms with Gasteiger partial charge in [-0.1, -0.05) is 49.6 Å². The maximum Gasteiger partial charge on any atom is 0.345 e. The summed E-state index contributed by atoms with van der Waals surface area (Å²) < 4.78 is 16.9. The van der Waals surface area contributed by atoms with Crippen LogP contribution in [-0.2, 0) is 15.9 Å². The number of carbonyl (C=O) groups excluding carboxylic acids is 1. The molecule has 5 nitrogen and oxygen atoms in total. The first-order valence-corrected chi connectivity index (χ1v) is 9.75. The molecule has 2 aromatic carbocycles. The van der Waals surface area contributed by atoms with E-state index in [9.17, 15) is 9.90 Å². The largest absolute Gasteiger partial charge is 0.507 e. The molecule has 1 aliphatic rings. The number of carbonyl (C=O) groups is 1. The van der Waals surface area contributed by atoms with Crippen LogP contribution in [0.3, 0.4) is 0 Å². The van der Waals surface area contributed by atoms with E-state index in [2.05, 4.69) is 6.92 Å². The zero-order valence-corrected chi connectivity index (χ0v) is 17.0. The van der Waals surface area contributed by atoms with Crippen LogP contribution in [0.5, 0.6) is 11.5 Å². The molecule has 1 N–H and O–H groups in total. The molecule has 0 spiro atoms. The third kappa shape index (κ3) is 3.99. The fourth-order valence-electron chi connectivity index (χ4n) is 3.67. The van der Waals surface area contributed by atoms with Crippen LogP contribution >= 0.6 is 0 Å². The quantitative estimate of drug-likeness (QED) is 0.537. The third-order valence-electron chi connectivity index (χ3n) is 4.94. The molecule has 0 fully saturated rings. The van der Waals surface area contributed by atoms with Crippen molar-refractivity contribution < 1.29 is 24.1 Å². The Hall–Kier alpha value is -2.53. The standard InChI is InChI=1S/C23H28O5/c1-5-6-7-10-17-13-18(24)19(16-11-8-9-15(2)12-16)21-20(17)22(25)28-23(3,27-21)14-26-4/h8-9,11-13,24H,5-7,10,14H2,1-4H3. The molecule has 0 saturated carbocycles. The Labute approximate surface area is 166 Å². The molecule has 0 saturated heterocycles. The van der Waals surface area contributed by atoms with E-state index < -0.39 is 11.8 Å². The number of phenols is 1. The smallest absolute Gasteiger partial charge is 0.345 e. The van der Waals surface area contributed by atoms with Gasteiger partial charge in [0.25, 0.3) is 5.79 Å². The van der Waals surface area contributed by atoms with E-state index >= 15 is 0 Å². The molecular weight excluding hydrogens is 356 g/mol. The number of hydrogen-bond acceptors (Lipinski definition) is 5. The maximum atomic E-state index is 13.0. The lowest BCUT2D eigenvalue weighted by atomic mass is 9.92. The molecule has 28 heavy (non-hydrogen) atoms. The minimum absolute atomic E-state index is 0.0895. The molecule has 1 heterocycles. The van der Waals surface area contributed by atoms with Crippen molar-refractivity contribution in [1.29, 1.82) is 0 Å². The van der Waals surface area contributed by atoms with Gasteiger partial charge in [-0.3, -0.25) is 0 Å². The van der Waals surface area contributed by atoms with Gasteiger partial charge in [-0.25, -0.2) is 4.79 Å². The summed E-state index contributed by atoms with van der Waals surface area (Å²) in [7, 11) is 1.53. The van der Waals surface area contributed by atoms with E-state index in [1.807, 2.05) is 31.2 Å². The van der Waals surface area contributed by atoms with Gasteiger partial charge in [0.05, 0.1) is 5.56 Å². The fraction of sp³-hybridized carbons (Fsp3) is 0.435. The van der Waals surface area contributed by atoms with Gasteiger partial charge in [-0.05, 0) is 37.0 Å². The molecule has 2 aromatic rings. The van der Waals surface area contributed by atoms with Gasteiger partial charge >= 0.3 is 5.97 Å². The zero-order valence-electron chi connectivity index (χ0n) is 17.0. The highest BCUT2D eigenvalue weighted by Crippen LogP contribution is 2.47. The highest BCUT2D eigenvalue weighted by molar-refractivity contribution is 6.00. The first kappa shape index (κ1) is 20.2. The lowest BCUT2D eigenvalue weighted by Gasteiger charge is -2.36. The van der Waals surface area contributed by atoms with Crippen LogP contribution in [-0.4, -0.2) is 30.6 Å². The summed E-state index contributed by atoms with van der Waals surface area (Å²) in [6, 6.07) is 9.44. The Morgan fingerprint density at radius 3 is 2.61 bits per heavy atom. The number of fused-ring (bicyclic) bond motifs is 1. The molecule has 0 bridgehead atoms. The monoisotopic (exact) mass is 384 g/mol. The number of rotatable bonds is 7. The van der Waals surface area contributed by atoms with Gasteiger partial charge in [0.1, 0.15) is 17.9 Å². The van der Waals surface area contributed by atoms with Crippen molar-refractivity contribution in [3.63, 3.8) is 0 Å². The molecule has 1 aliphatic heterocycles. The van der Waals surface area contributed by atoms with Gasteiger partial charge in [0.2, 0.25) is 0 Å². The molecule has 150 valence electrons. The van der Waals surface area contributed by atoms with Crippen molar-refractivity contribution in [2.75, 3.05) is 13.7 Å². The number of methoxy groups -OCH3 is 1. The molecule has 0 amide bonds. The van der Waals surface area contributed by atoms with Crippen molar-refractivity contribution in [3.8, 4) is 22.6 Å². The Balaban J connectivity index is 2.19. The van der Waals surface area contributed by atoms with E-state index in [4.69, 9.17) is 14.2 Å². The highest BCUT2D eigenvalue weighted by atomic mass is 16.7. The van der Waals surface area contributed by atoms with Crippen molar-refractivity contribution in [2.24, 2.45) is 0 Å². The van der Waals surface area contributed by atoms with Gasteiger partial charge in [0, 0.05) is 14.0 Å². The molecule has 1 unspecified atom stereocenters. The minimum Gasteiger partial charge on any atom is -0.507 e. The van der Waals surface area contributed by atoms with Gasteiger partial charge in [0.15, 0.2) is 5.75 Å². The Morgan fingerprint density at radius 2 is 1.93 bits per heavy atom. The van der Waals surface area contributed by atoms with Crippen LogP contribution in [0.15, 0.2) is 30.3 Å². The van der Waals surface area contributed by atoms with Crippen LogP contribution in [0.4, 0.5) is 0 Å². The second-order valence-corrected chi connectivity index (χ2v) is 7.52. The average Bonchev–Trinajstić information content (AvgIpc) is 2.61. The first-order chi connectivity index (χ1) is 13.4. The number of benzene rings is 2. The number of phenolic OH excluding ortho intramolecular Hbond substituents is 1. The van der Waals surface area contributed by atoms with Gasteiger partial charge in [-0.15, -0.1) is 0 Å². The molecule has 5 heteroatoms. The lowest BCUT2D eigenvalue weighted by Crippen LogP contribution is -2.46. The summed E-state index contributed by atoms with van der Waals surface area (Å²) in [5.41, 5.74) is 3.51. The van der Waals surface area contributed by atoms with Crippen molar-refractivity contribution in [3.05, 3.63) is 47.0 Å². The Bertz CT molecular complexity index is 874. The lowest BCUT2D eigenvalue weighted by molar-refractivity contribution is -0.170. The number of aryl methyl sites for hydroxylation is 2. The Kier molecular flexibility index (Phi) is 5.94. The SMILES string of the molecule is CCCCCc1cc(O)c(-c2cccc(C)c2)c2c1C(=O)OC(C)(COC)O2. The van der Waals surface area contributed by atoms with Crippen LogP contribution < -0.4 is 4.74 Å². The van der Waals surface area contributed by atoms with Crippen LogP contribution in [0.2, 0.25) is 0 Å². The van der Waals surface area contributed by atoms with Gasteiger partial charge in [-0.2, -0.15) is 0 Å². The molecule has 0 aliphatic carbocycles. The average molecular weight is 384 g/mol. The second-order valence-electron chi connectivity index (χ2n) is 7.52. The summed E-state index contributed by atoms with van der Waals surface area (Å²) in [5, 5.41) is 10.9. The first-order valence-electron chi connectivity index (χ1n) is 9.75.